The van der Waals surface area contributed by atoms with Gasteiger partial charge < -0.3 is 0 Å². The molecule has 5 heteroatoms. The number of ketones is 1. The zero-order chi connectivity index (χ0) is 17.4. The average molecular weight is 336 g/mol. The number of pyridine rings is 1. The highest BCUT2D eigenvalue weighted by atomic mass is 19.1. The number of halogens is 1. The topological polar surface area (TPSA) is 50.3 Å². The van der Waals surface area contributed by atoms with Crippen molar-refractivity contribution in [1.29, 1.82) is 0 Å². The van der Waals surface area contributed by atoms with Crippen LogP contribution in [-0.4, -0.2) is 16.7 Å². The fraction of sp³-hybridized carbons (Fsp3) is 0.250. The van der Waals surface area contributed by atoms with Crippen molar-refractivity contribution in [3.05, 3.63) is 71.4 Å². The number of carbonyl (C=O) groups is 2. The monoisotopic (exact) mass is 336 g/mol. The minimum Gasteiger partial charge on any atom is -0.294 e. The number of allylic oxidation sites excluding steroid dienone is 2. The number of benzene rings is 1. The van der Waals surface area contributed by atoms with Crippen LogP contribution in [0, 0.1) is 5.82 Å². The Morgan fingerprint density at radius 2 is 1.88 bits per heavy atom. The molecule has 126 valence electrons. The molecule has 0 saturated carbocycles. The van der Waals surface area contributed by atoms with E-state index >= 15 is 0 Å². The lowest BCUT2D eigenvalue weighted by atomic mass is 9.77. The molecule has 0 radical (unpaired) electrons. The largest absolute Gasteiger partial charge is 0.294 e. The van der Waals surface area contributed by atoms with Gasteiger partial charge in [-0.2, -0.15) is 0 Å². The first-order valence-electron chi connectivity index (χ1n) is 8.40. The Labute approximate surface area is 145 Å². The van der Waals surface area contributed by atoms with Crippen molar-refractivity contribution >= 4 is 17.4 Å². The van der Waals surface area contributed by atoms with Gasteiger partial charge >= 0.3 is 0 Å². The summed E-state index contributed by atoms with van der Waals surface area (Å²) < 4.78 is 13.3. The molecular weight excluding hydrogens is 319 g/mol. The molecule has 0 spiro atoms. The number of hydrogen-bond acceptors (Lipinski definition) is 3. The predicted molar refractivity (Wildman–Crippen MR) is 91.4 cm³/mol. The van der Waals surface area contributed by atoms with E-state index in [1.807, 2.05) is 12.1 Å². The molecule has 2 aromatic rings. The van der Waals surface area contributed by atoms with Crippen molar-refractivity contribution in [2.45, 2.75) is 31.6 Å². The molecule has 0 bridgehead atoms. The quantitative estimate of drug-likeness (QED) is 0.839. The zero-order valence-corrected chi connectivity index (χ0v) is 13.6. The van der Waals surface area contributed by atoms with Crippen molar-refractivity contribution < 1.29 is 14.0 Å². The van der Waals surface area contributed by atoms with Crippen molar-refractivity contribution in [3.8, 4) is 0 Å². The van der Waals surface area contributed by atoms with Crippen LogP contribution in [0.3, 0.4) is 0 Å². The van der Waals surface area contributed by atoms with Gasteiger partial charge in [-0.05, 0) is 48.7 Å². The molecule has 1 atom stereocenters. The molecule has 1 aliphatic carbocycles. The van der Waals surface area contributed by atoms with Crippen LogP contribution in [0.25, 0.3) is 0 Å². The summed E-state index contributed by atoms with van der Waals surface area (Å²) in [7, 11) is 0. The van der Waals surface area contributed by atoms with Crippen LogP contribution in [0.2, 0.25) is 0 Å². The van der Waals surface area contributed by atoms with Crippen molar-refractivity contribution in [2.75, 3.05) is 4.90 Å². The summed E-state index contributed by atoms with van der Waals surface area (Å²) in [6, 6.07) is 9.56. The second-order valence-electron chi connectivity index (χ2n) is 6.39. The van der Waals surface area contributed by atoms with E-state index in [0.29, 0.717) is 24.1 Å². The molecule has 0 fully saturated rings. The van der Waals surface area contributed by atoms with Gasteiger partial charge in [0.2, 0.25) is 5.91 Å². The second kappa shape index (κ2) is 6.24. The van der Waals surface area contributed by atoms with E-state index in [9.17, 15) is 14.0 Å². The maximum atomic E-state index is 13.3. The number of hydrogen-bond donors (Lipinski definition) is 0. The van der Waals surface area contributed by atoms with Gasteiger partial charge in [0, 0.05) is 48.1 Å². The molecule has 25 heavy (non-hydrogen) atoms. The molecule has 2 aliphatic rings. The smallest absolute Gasteiger partial charge is 0.232 e. The Hall–Kier alpha value is -2.82. The predicted octanol–water partition coefficient (Wildman–Crippen LogP) is 3.75. The Bertz CT molecular complexity index is 859. The molecule has 0 saturated heterocycles. The maximum Gasteiger partial charge on any atom is 0.232 e. The average Bonchev–Trinajstić information content (AvgIpc) is 2.63. The van der Waals surface area contributed by atoms with Gasteiger partial charge in [-0.15, -0.1) is 0 Å². The molecule has 4 nitrogen and oxygen atoms in total. The van der Waals surface area contributed by atoms with Crippen LogP contribution >= 0.6 is 0 Å². The Kier molecular flexibility index (Phi) is 3.92. The summed E-state index contributed by atoms with van der Waals surface area (Å²) in [5.74, 6) is -0.584. The number of amides is 1. The highest BCUT2D eigenvalue weighted by molar-refractivity contribution is 6.07. The van der Waals surface area contributed by atoms with Gasteiger partial charge in [0.05, 0.1) is 0 Å². The molecule has 1 unspecified atom stereocenters. The number of carbonyl (C=O) groups excluding carboxylic acids is 2. The van der Waals surface area contributed by atoms with Crippen molar-refractivity contribution in [1.82, 2.24) is 4.98 Å². The van der Waals surface area contributed by atoms with E-state index < -0.39 is 0 Å². The summed E-state index contributed by atoms with van der Waals surface area (Å²) in [5.41, 5.74) is 2.96. The van der Waals surface area contributed by atoms with Crippen molar-refractivity contribution in [3.63, 3.8) is 0 Å². The normalized spacial score (nSPS) is 20.7. The third kappa shape index (κ3) is 2.76. The van der Waals surface area contributed by atoms with Gasteiger partial charge in [0.15, 0.2) is 5.78 Å². The van der Waals surface area contributed by atoms with Crippen LogP contribution in [0.4, 0.5) is 10.1 Å². The maximum absolute atomic E-state index is 13.3. The number of Topliss-reactive ketones (excluding diaryl/α,β-unsaturated/α-hetero) is 1. The summed E-state index contributed by atoms with van der Waals surface area (Å²) >= 11 is 0. The minimum absolute atomic E-state index is 0.0751. The second-order valence-corrected chi connectivity index (χ2v) is 6.39. The summed E-state index contributed by atoms with van der Waals surface area (Å²) in [4.78, 5) is 31.3. The van der Waals surface area contributed by atoms with Gasteiger partial charge in [0.25, 0.3) is 0 Å². The Morgan fingerprint density at radius 1 is 1.08 bits per heavy atom. The summed E-state index contributed by atoms with van der Waals surface area (Å²) in [5, 5.41) is 0. The number of nitrogens with zero attached hydrogens (tertiary/aromatic N) is 2. The minimum atomic E-state index is -0.352. The van der Waals surface area contributed by atoms with Crippen molar-refractivity contribution in [2.24, 2.45) is 0 Å². The van der Waals surface area contributed by atoms with Crippen LogP contribution in [0.1, 0.15) is 37.2 Å². The van der Waals surface area contributed by atoms with E-state index in [2.05, 4.69) is 4.98 Å². The number of anilines is 1. The molecular formula is C20H17FN2O2. The lowest BCUT2D eigenvalue weighted by Crippen LogP contribution is -2.40. The van der Waals surface area contributed by atoms with Gasteiger partial charge in [0.1, 0.15) is 5.82 Å². The van der Waals surface area contributed by atoms with Gasteiger partial charge in [-0.1, -0.05) is 6.07 Å². The number of aromatic nitrogens is 1. The summed E-state index contributed by atoms with van der Waals surface area (Å²) in [6.07, 6.45) is 5.51. The molecule has 1 aliphatic heterocycles. The fourth-order valence-corrected chi connectivity index (χ4v) is 3.75. The molecule has 1 amide bonds. The van der Waals surface area contributed by atoms with Gasteiger partial charge in [-0.3, -0.25) is 19.5 Å². The van der Waals surface area contributed by atoms with E-state index in [0.717, 1.165) is 17.7 Å². The van der Waals surface area contributed by atoms with Crippen LogP contribution in [0.15, 0.2) is 60.1 Å². The van der Waals surface area contributed by atoms with Crippen LogP contribution in [0.5, 0.6) is 0 Å². The SMILES string of the molecule is O=C1CCCC2=C1C(c1cccnc1)CC(=O)N2c1ccc(F)cc1. The fourth-order valence-electron chi connectivity index (χ4n) is 3.75. The number of rotatable bonds is 2. The standard InChI is InChI=1S/C20H17FN2O2/c21-14-6-8-15(9-7-14)23-17-4-1-5-18(24)20(17)16(11-19(23)25)13-3-2-10-22-12-13/h2-3,6-10,12,16H,1,4-5,11H2. The zero-order valence-electron chi connectivity index (χ0n) is 13.6. The van der Waals surface area contributed by atoms with E-state index in [4.69, 9.17) is 0 Å². The lowest BCUT2D eigenvalue weighted by molar-refractivity contribution is -0.119. The summed E-state index contributed by atoms with van der Waals surface area (Å²) in [6.45, 7) is 0. The van der Waals surface area contributed by atoms with Crippen LogP contribution in [-0.2, 0) is 9.59 Å². The molecule has 1 aromatic carbocycles. The first kappa shape index (κ1) is 15.7. The molecule has 2 heterocycles. The molecule has 0 N–H and O–H groups in total. The Morgan fingerprint density at radius 3 is 2.60 bits per heavy atom. The van der Waals surface area contributed by atoms with E-state index in [1.54, 1.807) is 29.4 Å². The van der Waals surface area contributed by atoms with E-state index in [-0.39, 0.29) is 29.8 Å². The Balaban J connectivity index is 1.85. The van der Waals surface area contributed by atoms with E-state index in [1.165, 1.54) is 12.1 Å². The third-order valence-corrected chi connectivity index (χ3v) is 4.85. The first-order valence-corrected chi connectivity index (χ1v) is 8.40. The lowest BCUT2D eigenvalue weighted by Gasteiger charge is -2.38. The van der Waals surface area contributed by atoms with Crippen LogP contribution < -0.4 is 4.90 Å². The molecule has 1 aromatic heterocycles. The highest BCUT2D eigenvalue weighted by Crippen LogP contribution is 2.43. The highest BCUT2D eigenvalue weighted by Gasteiger charge is 2.39. The molecule has 4 rings (SSSR count). The van der Waals surface area contributed by atoms with Gasteiger partial charge in [-0.25, -0.2) is 4.39 Å². The first-order chi connectivity index (χ1) is 12.1. The third-order valence-electron chi connectivity index (χ3n) is 4.85.